The molecule has 1 saturated heterocycles. The van der Waals surface area contributed by atoms with Gasteiger partial charge in [0.2, 0.25) is 5.91 Å². The number of carbonyl (C=O) groups is 3. The fourth-order valence-corrected chi connectivity index (χ4v) is 4.38. The van der Waals surface area contributed by atoms with Crippen LogP contribution in [0.3, 0.4) is 0 Å². The maximum atomic E-state index is 13.7. The number of piperazine rings is 1. The van der Waals surface area contributed by atoms with Crippen LogP contribution in [0.2, 0.25) is 0 Å². The lowest BCUT2D eigenvalue weighted by Crippen LogP contribution is -2.47. The first-order chi connectivity index (χ1) is 15.8. The Morgan fingerprint density at radius 1 is 0.909 bits per heavy atom. The van der Waals surface area contributed by atoms with Crippen molar-refractivity contribution in [3.05, 3.63) is 64.9 Å². The van der Waals surface area contributed by atoms with E-state index in [0.29, 0.717) is 41.3 Å². The molecule has 7 heteroatoms. The van der Waals surface area contributed by atoms with E-state index in [1.165, 1.54) is 11.8 Å². The lowest BCUT2D eigenvalue weighted by molar-refractivity contribution is -0.121. The molecule has 2 aliphatic heterocycles. The van der Waals surface area contributed by atoms with Crippen LogP contribution >= 0.6 is 0 Å². The van der Waals surface area contributed by atoms with Crippen LogP contribution in [0.4, 0.5) is 11.4 Å². The van der Waals surface area contributed by atoms with Crippen LogP contribution in [0, 0.1) is 13.8 Å². The van der Waals surface area contributed by atoms with Gasteiger partial charge < -0.3 is 15.1 Å². The summed E-state index contributed by atoms with van der Waals surface area (Å²) in [6.07, 6.45) is 0. The average molecular weight is 447 g/mol. The minimum absolute atomic E-state index is 0.163. The SMILES string of the molecule is CCN1CCN(C2=C(c3ccc(NC(C)=O)cc3)C(=O)N(c3ccc(C)c(C)c3)C2=O)CC1. The molecule has 1 fully saturated rings. The number of carbonyl (C=O) groups excluding carboxylic acids is 3. The highest BCUT2D eigenvalue weighted by atomic mass is 16.2. The molecule has 2 aromatic carbocycles. The standard InChI is InChI=1S/C26H30N4O3/c1-5-28-12-14-29(15-13-28)24-23(20-7-9-21(10-8-20)27-19(4)31)25(32)30(26(24)33)22-11-6-17(2)18(3)16-22/h6-11,16H,5,12-15H2,1-4H3,(H,27,31). The first-order valence-corrected chi connectivity index (χ1v) is 11.4. The maximum Gasteiger partial charge on any atom is 0.282 e. The van der Waals surface area contributed by atoms with Gasteiger partial charge in [0.1, 0.15) is 5.70 Å². The number of nitrogens with one attached hydrogen (secondary N) is 1. The molecule has 3 amide bonds. The number of anilines is 2. The van der Waals surface area contributed by atoms with Crippen LogP contribution in [-0.4, -0.2) is 60.2 Å². The van der Waals surface area contributed by atoms with Gasteiger partial charge in [0, 0.05) is 38.8 Å². The lowest BCUT2D eigenvalue weighted by atomic mass is 10.0. The van der Waals surface area contributed by atoms with Gasteiger partial charge in [0.25, 0.3) is 11.8 Å². The van der Waals surface area contributed by atoms with Crippen molar-refractivity contribution in [2.24, 2.45) is 0 Å². The summed E-state index contributed by atoms with van der Waals surface area (Å²) in [6, 6.07) is 12.7. The van der Waals surface area contributed by atoms with Gasteiger partial charge in [-0.05, 0) is 61.3 Å². The molecule has 7 nitrogen and oxygen atoms in total. The van der Waals surface area contributed by atoms with Gasteiger partial charge in [-0.15, -0.1) is 0 Å². The molecule has 0 radical (unpaired) electrons. The highest BCUT2D eigenvalue weighted by molar-refractivity contribution is 6.45. The molecule has 33 heavy (non-hydrogen) atoms. The van der Waals surface area contributed by atoms with E-state index in [-0.39, 0.29) is 17.7 Å². The zero-order chi connectivity index (χ0) is 23.7. The Balaban J connectivity index is 1.75. The van der Waals surface area contributed by atoms with Gasteiger partial charge in [-0.2, -0.15) is 0 Å². The minimum Gasteiger partial charge on any atom is -0.364 e. The molecule has 172 valence electrons. The molecule has 0 saturated carbocycles. The van der Waals surface area contributed by atoms with Crippen molar-refractivity contribution in [2.45, 2.75) is 27.7 Å². The second kappa shape index (κ2) is 9.19. The van der Waals surface area contributed by atoms with Crippen molar-refractivity contribution >= 4 is 34.7 Å². The summed E-state index contributed by atoms with van der Waals surface area (Å²) in [4.78, 5) is 44.4. The Bertz CT molecular complexity index is 1130. The number of benzene rings is 2. The number of amides is 3. The van der Waals surface area contributed by atoms with Crippen molar-refractivity contribution < 1.29 is 14.4 Å². The van der Waals surface area contributed by atoms with Crippen LogP contribution in [0.5, 0.6) is 0 Å². The smallest absolute Gasteiger partial charge is 0.282 e. The van der Waals surface area contributed by atoms with Crippen molar-refractivity contribution in [1.82, 2.24) is 9.80 Å². The third-order valence-corrected chi connectivity index (χ3v) is 6.44. The summed E-state index contributed by atoms with van der Waals surface area (Å²) in [5.41, 5.74) is 4.91. The van der Waals surface area contributed by atoms with Crippen LogP contribution in [0.1, 0.15) is 30.5 Å². The summed E-state index contributed by atoms with van der Waals surface area (Å²) in [7, 11) is 0. The Morgan fingerprint density at radius 3 is 2.15 bits per heavy atom. The molecular weight excluding hydrogens is 416 g/mol. The zero-order valence-corrected chi connectivity index (χ0v) is 19.6. The molecule has 0 atom stereocenters. The molecule has 0 spiro atoms. The van der Waals surface area contributed by atoms with Gasteiger partial charge in [-0.25, -0.2) is 4.90 Å². The lowest BCUT2D eigenvalue weighted by Gasteiger charge is -2.36. The van der Waals surface area contributed by atoms with Crippen LogP contribution in [0.15, 0.2) is 48.2 Å². The van der Waals surface area contributed by atoms with E-state index in [9.17, 15) is 14.4 Å². The molecule has 4 rings (SSSR count). The number of hydrogen-bond donors (Lipinski definition) is 1. The number of aryl methyl sites for hydroxylation is 2. The summed E-state index contributed by atoms with van der Waals surface area (Å²) in [5.74, 6) is -0.762. The highest BCUT2D eigenvalue weighted by Gasteiger charge is 2.43. The summed E-state index contributed by atoms with van der Waals surface area (Å²) in [6.45, 7) is 11.6. The Labute approximate surface area is 194 Å². The molecule has 0 bridgehead atoms. The first-order valence-electron chi connectivity index (χ1n) is 11.4. The van der Waals surface area contributed by atoms with E-state index < -0.39 is 0 Å². The zero-order valence-electron chi connectivity index (χ0n) is 19.6. The van der Waals surface area contributed by atoms with E-state index in [0.717, 1.165) is 30.8 Å². The maximum absolute atomic E-state index is 13.7. The number of likely N-dealkylation sites (N-methyl/N-ethyl adjacent to an activating group) is 1. The Hall–Kier alpha value is -3.45. The van der Waals surface area contributed by atoms with E-state index >= 15 is 0 Å². The number of imide groups is 1. The minimum atomic E-state index is -0.316. The second-order valence-electron chi connectivity index (χ2n) is 8.62. The number of rotatable bonds is 5. The fraction of sp³-hybridized carbons (Fsp3) is 0.346. The van der Waals surface area contributed by atoms with E-state index in [4.69, 9.17) is 0 Å². The second-order valence-corrected chi connectivity index (χ2v) is 8.62. The molecule has 2 aromatic rings. The number of nitrogens with zero attached hydrogens (tertiary/aromatic N) is 3. The third kappa shape index (κ3) is 4.41. The van der Waals surface area contributed by atoms with Crippen molar-refractivity contribution in [1.29, 1.82) is 0 Å². The Morgan fingerprint density at radius 2 is 1.58 bits per heavy atom. The fourth-order valence-electron chi connectivity index (χ4n) is 4.38. The van der Waals surface area contributed by atoms with E-state index in [2.05, 4.69) is 17.1 Å². The van der Waals surface area contributed by atoms with Crippen molar-refractivity contribution in [3.8, 4) is 0 Å². The third-order valence-electron chi connectivity index (χ3n) is 6.44. The summed E-state index contributed by atoms with van der Waals surface area (Å²) < 4.78 is 0. The normalized spacial score (nSPS) is 17.2. The molecule has 0 aliphatic carbocycles. The van der Waals surface area contributed by atoms with Crippen LogP contribution < -0.4 is 10.2 Å². The Kier molecular flexibility index (Phi) is 6.33. The topological polar surface area (TPSA) is 73.0 Å². The summed E-state index contributed by atoms with van der Waals surface area (Å²) in [5, 5.41) is 2.74. The van der Waals surface area contributed by atoms with Gasteiger partial charge in [0.15, 0.2) is 0 Å². The van der Waals surface area contributed by atoms with Gasteiger partial charge in [-0.1, -0.05) is 25.1 Å². The van der Waals surface area contributed by atoms with Gasteiger partial charge >= 0.3 is 0 Å². The molecule has 2 heterocycles. The van der Waals surface area contributed by atoms with Crippen LogP contribution in [0.25, 0.3) is 5.57 Å². The van der Waals surface area contributed by atoms with E-state index in [1.54, 1.807) is 24.3 Å². The highest BCUT2D eigenvalue weighted by Crippen LogP contribution is 2.36. The average Bonchev–Trinajstić information content (AvgIpc) is 3.06. The molecule has 1 N–H and O–H groups in total. The molecule has 2 aliphatic rings. The predicted molar refractivity (Wildman–Crippen MR) is 130 cm³/mol. The first kappa shape index (κ1) is 22.7. The predicted octanol–water partition coefficient (Wildman–Crippen LogP) is 3.18. The van der Waals surface area contributed by atoms with E-state index in [1.807, 2.05) is 36.9 Å². The summed E-state index contributed by atoms with van der Waals surface area (Å²) >= 11 is 0. The molecule has 0 unspecified atom stereocenters. The van der Waals surface area contributed by atoms with Gasteiger partial charge in [0.05, 0.1) is 11.3 Å². The monoisotopic (exact) mass is 446 g/mol. The van der Waals surface area contributed by atoms with Crippen LogP contribution in [-0.2, 0) is 14.4 Å². The quantitative estimate of drug-likeness (QED) is 0.715. The largest absolute Gasteiger partial charge is 0.364 e. The molecular formula is C26H30N4O3. The number of hydrogen-bond acceptors (Lipinski definition) is 5. The molecule has 0 aromatic heterocycles. The van der Waals surface area contributed by atoms with Gasteiger partial charge in [-0.3, -0.25) is 14.4 Å². The van der Waals surface area contributed by atoms with Crippen molar-refractivity contribution in [3.63, 3.8) is 0 Å². The van der Waals surface area contributed by atoms with Crippen molar-refractivity contribution in [2.75, 3.05) is 42.9 Å².